The highest BCUT2D eigenvalue weighted by molar-refractivity contribution is 5.77. The van der Waals surface area contributed by atoms with Gasteiger partial charge in [0.25, 0.3) is 0 Å². The van der Waals surface area contributed by atoms with E-state index >= 15 is 0 Å². The van der Waals surface area contributed by atoms with E-state index in [9.17, 15) is 14.4 Å². The topological polar surface area (TPSA) is 89.0 Å². The summed E-state index contributed by atoms with van der Waals surface area (Å²) in [5, 5.41) is 0. The first-order valence-corrected chi connectivity index (χ1v) is 9.26. The third-order valence-corrected chi connectivity index (χ3v) is 4.19. The SMILES string of the molecule is CN(Cc1ccccn1)C(=O)CCN(C)C(=O)OOC(=O)CCc1ccccc1. The predicted octanol–water partition coefficient (Wildman–Crippen LogP) is 2.59. The van der Waals surface area contributed by atoms with Gasteiger partial charge in [0.15, 0.2) is 0 Å². The molecule has 154 valence electrons. The van der Waals surface area contributed by atoms with Crippen molar-refractivity contribution in [3.63, 3.8) is 0 Å². The zero-order chi connectivity index (χ0) is 21.1. The molecule has 0 aliphatic heterocycles. The van der Waals surface area contributed by atoms with Gasteiger partial charge >= 0.3 is 12.1 Å². The highest BCUT2D eigenvalue weighted by atomic mass is 17.2. The lowest BCUT2D eigenvalue weighted by atomic mass is 10.1. The number of aryl methyl sites for hydroxylation is 1. The molecule has 8 heteroatoms. The van der Waals surface area contributed by atoms with Crippen LogP contribution >= 0.6 is 0 Å². The van der Waals surface area contributed by atoms with Gasteiger partial charge in [0, 0.05) is 33.3 Å². The molecule has 2 rings (SSSR count). The molecule has 1 heterocycles. The first-order valence-electron chi connectivity index (χ1n) is 9.26. The van der Waals surface area contributed by atoms with E-state index < -0.39 is 12.1 Å². The van der Waals surface area contributed by atoms with Crippen molar-refractivity contribution in [2.75, 3.05) is 20.6 Å². The summed E-state index contributed by atoms with van der Waals surface area (Å²) in [6.45, 7) is 0.513. The van der Waals surface area contributed by atoms with Crippen molar-refractivity contribution in [1.29, 1.82) is 0 Å². The van der Waals surface area contributed by atoms with E-state index in [0.717, 1.165) is 11.3 Å². The summed E-state index contributed by atoms with van der Waals surface area (Å²) < 4.78 is 0. The molecule has 0 radical (unpaired) electrons. The predicted molar refractivity (Wildman–Crippen MR) is 105 cm³/mol. The summed E-state index contributed by atoms with van der Waals surface area (Å²) in [5.74, 6) is -0.781. The van der Waals surface area contributed by atoms with Gasteiger partial charge in [-0.1, -0.05) is 36.4 Å². The van der Waals surface area contributed by atoms with Gasteiger partial charge < -0.3 is 9.80 Å². The van der Waals surface area contributed by atoms with E-state index in [4.69, 9.17) is 0 Å². The van der Waals surface area contributed by atoms with Crippen LogP contribution in [0.15, 0.2) is 54.7 Å². The molecule has 0 N–H and O–H groups in total. The lowest BCUT2D eigenvalue weighted by molar-refractivity contribution is -0.236. The second kappa shape index (κ2) is 11.4. The van der Waals surface area contributed by atoms with Gasteiger partial charge in [-0.15, -0.1) is 0 Å². The molecule has 0 aliphatic rings. The van der Waals surface area contributed by atoms with Gasteiger partial charge in [0.05, 0.1) is 18.7 Å². The quantitative estimate of drug-likeness (QED) is 0.501. The van der Waals surface area contributed by atoms with Crippen LogP contribution < -0.4 is 0 Å². The number of pyridine rings is 1. The summed E-state index contributed by atoms with van der Waals surface area (Å²) in [5.41, 5.74) is 1.76. The number of aromatic nitrogens is 1. The molecule has 0 spiro atoms. The van der Waals surface area contributed by atoms with Crippen LogP contribution in [0.3, 0.4) is 0 Å². The van der Waals surface area contributed by atoms with E-state index in [1.165, 1.54) is 16.8 Å². The second-order valence-electron chi connectivity index (χ2n) is 6.53. The molecule has 29 heavy (non-hydrogen) atoms. The van der Waals surface area contributed by atoms with E-state index in [1.54, 1.807) is 19.3 Å². The number of hydrogen-bond donors (Lipinski definition) is 0. The Bertz CT molecular complexity index is 798. The molecular formula is C21H25N3O5. The fourth-order valence-electron chi connectivity index (χ4n) is 2.45. The fraction of sp³-hybridized carbons (Fsp3) is 0.333. The molecular weight excluding hydrogens is 374 g/mol. The lowest BCUT2D eigenvalue weighted by Gasteiger charge is -2.19. The van der Waals surface area contributed by atoms with Crippen molar-refractivity contribution in [1.82, 2.24) is 14.8 Å². The van der Waals surface area contributed by atoms with E-state index in [1.807, 2.05) is 42.5 Å². The van der Waals surface area contributed by atoms with Crippen molar-refractivity contribution in [3.05, 3.63) is 66.0 Å². The molecule has 0 saturated carbocycles. The maximum absolute atomic E-state index is 12.2. The number of hydrogen-bond acceptors (Lipinski definition) is 6. The van der Waals surface area contributed by atoms with Gasteiger partial charge in [-0.2, -0.15) is 0 Å². The molecule has 0 bridgehead atoms. The molecule has 2 amide bonds. The highest BCUT2D eigenvalue weighted by Crippen LogP contribution is 2.05. The van der Waals surface area contributed by atoms with Crippen molar-refractivity contribution in [3.8, 4) is 0 Å². The zero-order valence-electron chi connectivity index (χ0n) is 16.6. The highest BCUT2D eigenvalue weighted by Gasteiger charge is 2.17. The Labute approximate surface area is 170 Å². The van der Waals surface area contributed by atoms with Gasteiger partial charge in [0.2, 0.25) is 5.91 Å². The minimum absolute atomic E-state index is 0.0950. The Morgan fingerprint density at radius 3 is 2.31 bits per heavy atom. The summed E-state index contributed by atoms with van der Waals surface area (Å²) in [6, 6.07) is 14.9. The van der Waals surface area contributed by atoms with Crippen LogP contribution in [0.5, 0.6) is 0 Å². The third-order valence-electron chi connectivity index (χ3n) is 4.19. The molecule has 0 saturated heterocycles. The second-order valence-corrected chi connectivity index (χ2v) is 6.53. The van der Waals surface area contributed by atoms with Crippen LogP contribution in [-0.2, 0) is 32.3 Å². The van der Waals surface area contributed by atoms with E-state index in [2.05, 4.69) is 14.8 Å². The van der Waals surface area contributed by atoms with Crippen molar-refractivity contribution >= 4 is 18.0 Å². The van der Waals surface area contributed by atoms with Gasteiger partial charge in [0.1, 0.15) is 0 Å². The molecule has 1 aromatic carbocycles. The Morgan fingerprint density at radius 2 is 1.62 bits per heavy atom. The Balaban J connectivity index is 1.64. The summed E-state index contributed by atoms with van der Waals surface area (Å²) >= 11 is 0. The van der Waals surface area contributed by atoms with Gasteiger partial charge in [-0.3, -0.25) is 9.78 Å². The van der Waals surface area contributed by atoms with Crippen LogP contribution in [0.2, 0.25) is 0 Å². The first kappa shape index (κ1) is 21.9. The average Bonchev–Trinajstić information content (AvgIpc) is 2.75. The number of carbonyl (C=O) groups is 3. The fourth-order valence-corrected chi connectivity index (χ4v) is 2.45. The third kappa shape index (κ3) is 8.00. The minimum atomic E-state index is -0.835. The summed E-state index contributed by atoms with van der Waals surface area (Å²) in [7, 11) is 3.13. The standard InChI is InChI=1S/C21H25N3O5/c1-23(15-13-19(25)24(2)16-18-10-6-7-14-22-18)21(27)29-28-20(26)12-11-17-8-4-3-5-9-17/h3-10,14H,11-13,15-16H2,1-2H3. The van der Waals surface area contributed by atoms with E-state index in [0.29, 0.717) is 13.0 Å². The Kier molecular flexibility index (Phi) is 8.62. The number of amides is 2. The van der Waals surface area contributed by atoms with Crippen molar-refractivity contribution < 1.29 is 24.2 Å². The number of benzene rings is 1. The minimum Gasteiger partial charge on any atom is -0.340 e. The van der Waals surface area contributed by atoms with Crippen LogP contribution in [0.25, 0.3) is 0 Å². The summed E-state index contributed by atoms with van der Waals surface area (Å²) in [6.07, 6.45) is 1.52. The number of rotatable bonds is 8. The molecule has 0 atom stereocenters. The van der Waals surface area contributed by atoms with Crippen LogP contribution in [0.4, 0.5) is 4.79 Å². The van der Waals surface area contributed by atoms with Crippen LogP contribution in [0.1, 0.15) is 24.1 Å². The molecule has 1 aromatic heterocycles. The largest absolute Gasteiger partial charge is 0.452 e. The zero-order valence-corrected chi connectivity index (χ0v) is 16.6. The normalized spacial score (nSPS) is 10.1. The molecule has 0 unspecified atom stereocenters. The maximum Gasteiger partial charge on any atom is 0.452 e. The van der Waals surface area contributed by atoms with Gasteiger partial charge in [-0.05, 0) is 24.1 Å². The molecule has 8 nitrogen and oxygen atoms in total. The number of carbonyl (C=O) groups excluding carboxylic acids is 3. The molecule has 0 fully saturated rings. The monoisotopic (exact) mass is 399 g/mol. The van der Waals surface area contributed by atoms with Crippen molar-refractivity contribution in [2.45, 2.75) is 25.8 Å². The Morgan fingerprint density at radius 1 is 0.897 bits per heavy atom. The molecule has 0 aliphatic carbocycles. The van der Waals surface area contributed by atoms with Gasteiger partial charge in [-0.25, -0.2) is 19.4 Å². The van der Waals surface area contributed by atoms with Crippen LogP contribution in [0, 0.1) is 0 Å². The summed E-state index contributed by atoms with van der Waals surface area (Å²) in [4.78, 5) is 51.7. The van der Waals surface area contributed by atoms with Crippen LogP contribution in [-0.4, -0.2) is 53.4 Å². The van der Waals surface area contributed by atoms with E-state index in [-0.39, 0.29) is 25.3 Å². The lowest BCUT2D eigenvalue weighted by Crippen LogP contribution is -2.34. The smallest absolute Gasteiger partial charge is 0.340 e. The van der Waals surface area contributed by atoms with Crippen molar-refractivity contribution in [2.24, 2.45) is 0 Å². The average molecular weight is 399 g/mol. The Hall–Kier alpha value is -3.42. The molecule has 2 aromatic rings. The maximum atomic E-state index is 12.2. The number of nitrogens with zero attached hydrogens (tertiary/aromatic N) is 3. The first-order chi connectivity index (χ1) is 14.0.